The fourth-order valence-corrected chi connectivity index (χ4v) is 3.19. The van der Waals surface area contributed by atoms with Gasteiger partial charge in [0.1, 0.15) is 0 Å². The predicted molar refractivity (Wildman–Crippen MR) is 61.8 cm³/mol. The van der Waals surface area contributed by atoms with Crippen LogP contribution in [0.5, 0.6) is 0 Å². The highest BCUT2D eigenvalue weighted by atomic mass is 16.3. The highest BCUT2D eigenvalue weighted by molar-refractivity contribution is 5.01. The molecule has 1 N–H and O–H groups in total. The Bertz CT molecular complexity index is 351. The van der Waals surface area contributed by atoms with E-state index < -0.39 is 5.60 Å². The number of aromatic nitrogens is 3. The maximum Gasteiger partial charge on any atom is 0.0855 e. The molecule has 0 radical (unpaired) electrons. The van der Waals surface area contributed by atoms with Gasteiger partial charge in [-0.05, 0) is 31.1 Å². The van der Waals surface area contributed by atoms with E-state index in [1.807, 2.05) is 13.2 Å². The van der Waals surface area contributed by atoms with Gasteiger partial charge in [-0.25, -0.2) is 0 Å². The number of rotatable bonds is 2. The third kappa shape index (κ3) is 2.61. The minimum absolute atomic E-state index is 0.576. The second-order valence-corrected chi connectivity index (χ2v) is 5.64. The van der Waals surface area contributed by atoms with E-state index in [1.54, 1.807) is 4.68 Å². The van der Waals surface area contributed by atoms with Crippen LogP contribution in [0, 0.1) is 11.8 Å². The van der Waals surface area contributed by atoms with Gasteiger partial charge in [-0.3, -0.25) is 4.68 Å². The summed E-state index contributed by atoms with van der Waals surface area (Å²) < 4.78 is 1.69. The maximum absolute atomic E-state index is 10.6. The minimum atomic E-state index is -0.576. The molecule has 1 aromatic heterocycles. The van der Waals surface area contributed by atoms with Gasteiger partial charge in [-0.2, -0.15) is 0 Å². The SMILES string of the molecule is CC1CC(C)CC(O)(Cc2cn(C)nn2)C1. The molecule has 4 heteroatoms. The molecule has 2 unspecified atom stereocenters. The van der Waals surface area contributed by atoms with Gasteiger partial charge in [0.05, 0.1) is 11.3 Å². The molecule has 2 rings (SSSR count). The zero-order valence-corrected chi connectivity index (χ0v) is 10.3. The molecule has 0 spiro atoms. The van der Waals surface area contributed by atoms with Crippen molar-refractivity contribution in [1.82, 2.24) is 15.0 Å². The number of hydrogen-bond donors (Lipinski definition) is 1. The quantitative estimate of drug-likeness (QED) is 0.827. The van der Waals surface area contributed by atoms with E-state index in [4.69, 9.17) is 0 Å². The Morgan fingerprint density at radius 3 is 2.56 bits per heavy atom. The fourth-order valence-electron chi connectivity index (χ4n) is 3.19. The molecule has 4 nitrogen and oxygen atoms in total. The van der Waals surface area contributed by atoms with Crippen molar-refractivity contribution in [2.75, 3.05) is 0 Å². The van der Waals surface area contributed by atoms with Crippen molar-refractivity contribution in [3.05, 3.63) is 11.9 Å². The Kier molecular flexibility index (Phi) is 3.02. The van der Waals surface area contributed by atoms with Gasteiger partial charge in [-0.15, -0.1) is 5.10 Å². The third-order valence-corrected chi connectivity index (χ3v) is 3.42. The van der Waals surface area contributed by atoms with Crippen LogP contribution in [0.25, 0.3) is 0 Å². The fraction of sp³-hybridized carbons (Fsp3) is 0.833. The molecule has 2 atom stereocenters. The monoisotopic (exact) mass is 223 g/mol. The highest BCUT2D eigenvalue weighted by Crippen LogP contribution is 2.37. The van der Waals surface area contributed by atoms with E-state index in [9.17, 15) is 5.11 Å². The molecule has 0 bridgehead atoms. The average Bonchev–Trinajstić information content (AvgIpc) is 2.47. The van der Waals surface area contributed by atoms with Crippen LogP contribution in [0.4, 0.5) is 0 Å². The smallest absolute Gasteiger partial charge is 0.0855 e. The van der Waals surface area contributed by atoms with Crippen LogP contribution in [0.3, 0.4) is 0 Å². The Morgan fingerprint density at radius 2 is 2.06 bits per heavy atom. The molecule has 1 saturated carbocycles. The highest BCUT2D eigenvalue weighted by Gasteiger charge is 2.36. The van der Waals surface area contributed by atoms with Crippen molar-refractivity contribution in [2.24, 2.45) is 18.9 Å². The van der Waals surface area contributed by atoms with Crippen LogP contribution >= 0.6 is 0 Å². The van der Waals surface area contributed by atoms with Gasteiger partial charge >= 0.3 is 0 Å². The molecular formula is C12H21N3O. The number of aryl methyl sites for hydroxylation is 1. The van der Waals surface area contributed by atoms with Crippen LogP contribution < -0.4 is 0 Å². The summed E-state index contributed by atoms with van der Waals surface area (Å²) >= 11 is 0. The van der Waals surface area contributed by atoms with Crippen molar-refractivity contribution >= 4 is 0 Å². The number of nitrogens with zero attached hydrogens (tertiary/aromatic N) is 3. The zero-order chi connectivity index (χ0) is 11.8. The summed E-state index contributed by atoms with van der Waals surface area (Å²) in [6.45, 7) is 4.44. The van der Waals surface area contributed by atoms with Crippen molar-refractivity contribution in [3.63, 3.8) is 0 Å². The van der Waals surface area contributed by atoms with Gasteiger partial charge < -0.3 is 5.11 Å². The molecular weight excluding hydrogens is 202 g/mol. The van der Waals surface area contributed by atoms with Crippen LogP contribution in [0.2, 0.25) is 0 Å². The van der Waals surface area contributed by atoms with Crippen molar-refractivity contribution in [1.29, 1.82) is 0 Å². The van der Waals surface area contributed by atoms with Gasteiger partial charge in [-0.1, -0.05) is 19.1 Å². The second kappa shape index (κ2) is 4.17. The summed E-state index contributed by atoms with van der Waals surface area (Å²) in [6.07, 6.45) is 5.52. The summed E-state index contributed by atoms with van der Waals surface area (Å²) in [5, 5.41) is 18.6. The Balaban J connectivity index is 2.07. The van der Waals surface area contributed by atoms with E-state index in [2.05, 4.69) is 24.2 Å². The van der Waals surface area contributed by atoms with E-state index >= 15 is 0 Å². The third-order valence-electron chi connectivity index (χ3n) is 3.42. The summed E-state index contributed by atoms with van der Waals surface area (Å²) in [7, 11) is 1.85. The van der Waals surface area contributed by atoms with E-state index in [1.165, 1.54) is 6.42 Å². The first kappa shape index (κ1) is 11.6. The summed E-state index contributed by atoms with van der Waals surface area (Å²) in [5.41, 5.74) is 0.318. The van der Waals surface area contributed by atoms with Crippen LogP contribution in [0.15, 0.2) is 6.20 Å². The van der Waals surface area contributed by atoms with Crippen molar-refractivity contribution < 1.29 is 5.11 Å². The molecule has 1 aromatic rings. The standard InChI is InChI=1S/C12H21N3O/c1-9-4-10(2)6-12(16,5-9)7-11-8-15(3)14-13-11/h8-10,16H,4-7H2,1-3H3. The molecule has 0 saturated heterocycles. The summed E-state index contributed by atoms with van der Waals surface area (Å²) in [6, 6.07) is 0. The van der Waals surface area contributed by atoms with Crippen LogP contribution in [0.1, 0.15) is 38.8 Å². The van der Waals surface area contributed by atoms with Crippen LogP contribution in [-0.4, -0.2) is 25.7 Å². The van der Waals surface area contributed by atoms with Crippen molar-refractivity contribution in [2.45, 2.75) is 45.1 Å². The molecule has 1 fully saturated rings. The minimum Gasteiger partial charge on any atom is -0.389 e. The predicted octanol–water partition coefficient (Wildman–Crippen LogP) is 1.54. The lowest BCUT2D eigenvalue weighted by Gasteiger charge is -2.38. The topological polar surface area (TPSA) is 50.9 Å². The Morgan fingerprint density at radius 1 is 1.44 bits per heavy atom. The Hall–Kier alpha value is -0.900. The van der Waals surface area contributed by atoms with Gasteiger partial charge in [0, 0.05) is 19.7 Å². The molecule has 1 heterocycles. The number of hydrogen-bond acceptors (Lipinski definition) is 3. The van der Waals surface area contributed by atoms with E-state index in [0.29, 0.717) is 18.3 Å². The van der Waals surface area contributed by atoms with Gasteiger partial charge in [0.15, 0.2) is 0 Å². The number of aliphatic hydroxyl groups is 1. The first-order valence-electron chi connectivity index (χ1n) is 6.04. The lowest BCUT2D eigenvalue weighted by Crippen LogP contribution is -2.39. The van der Waals surface area contributed by atoms with Gasteiger partial charge in [0.25, 0.3) is 0 Å². The molecule has 0 aliphatic heterocycles. The Labute approximate surface area is 96.7 Å². The normalized spacial score (nSPS) is 35.2. The average molecular weight is 223 g/mol. The first-order chi connectivity index (χ1) is 7.47. The molecule has 90 valence electrons. The largest absolute Gasteiger partial charge is 0.389 e. The first-order valence-corrected chi connectivity index (χ1v) is 6.04. The van der Waals surface area contributed by atoms with Gasteiger partial charge in [0.2, 0.25) is 0 Å². The zero-order valence-electron chi connectivity index (χ0n) is 10.3. The van der Waals surface area contributed by atoms with Crippen LogP contribution in [-0.2, 0) is 13.5 Å². The molecule has 1 aliphatic carbocycles. The molecule has 0 aromatic carbocycles. The van der Waals surface area contributed by atoms with Crippen molar-refractivity contribution in [3.8, 4) is 0 Å². The summed E-state index contributed by atoms with van der Waals surface area (Å²) in [4.78, 5) is 0. The molecule has 1 aliphatic rings. The van der Waals surface area contributed by atoms with E-state index in [0.717, 1.165) is 18.5 Å². The lowest BCUT2D eigenvalue weighted by atomic mass is 9.72. The summed E-state index contributed by atoms with van der Waals surface area (Å²) in [5.74, 6) is 1.20. The second-order valence-electron chi connectivity index (χ2n) is 5.64. The molecule has 0 amide bonds. The lowest BCUT2D eigenvalue weighted by molar-refractivity contribution is -0.0311. The maximum atomic E-state index is 10.6. The van der Waals surface area contributed by atoms with E-state index in [-0.39, 0.29) is 0 Å². The molecule has 16 heavy (non-hydrogen) atoms.